The lowest BCUT2D eigenvalue weighted by atomic mass is 9.71. The first-order chi connectivity index (χ1) is 15.5. The minimum Gasteiger partial charge on any atom is -0.341 e. The number of rotatable bonds is 3. The van der Waals surface area contributed by atoms with Gasteiger partial charge in [-0.15, -0.1) is 10.2 Å². The predicted molar refractivity (Wildman–Crippen MR) is 119 cm³/mol. The number of carbonyl (C=O) groups is 2. The van der Waals surface area contributed by atoms with Crippen LogP contribution in [0, 0.1) is 11.3 Å². The maximum Gasteiger partial charge on any atom is 0.232 e. The summed E-state index contributed by atoms with van der Waals surface area (Å²) in [6.07, 6.45) is 3.75. The van der Waals surface area contributed by atoms with Gasteiger partial charge in [-0.1, -0.05) is 24.9 Å². The number of hydrogen-bond acceptors (Lipinski definition) is 5. The second-order valence-corrected chi connectivity index (χ2v) is 10.2. The third kappa shape index (κ3) is 3.03. The Morgan fingerprint density at radius 2 is 1.88 bits per heavy atom. The highest BCUT2D eigenvalue weighted by molar-refractivity contribution is 6.30. The van der Waals surface area contributed by atoms with Crippen LogP contribution < -0.4 is 4.90 Å². The molecule has 1 aromatic carbocycles. The highest BCUT2D eigenvalue weighted by Gasteiger charge is 2.55. The summed E-state index contributed by atoms with van der Waals surface area (Å²) in [5, 5.41) is 9.64. The van der Waals surface area contributed by atoms with E-state index in [1.807, 2.05) is 34.9 Å². The van der Waals surface area contributed by atoms with Crippen molar-refractivity contribution in [2.24, 2.45) is 11.3 Å². The highest BCUT2D eigenvalue weighted by atomic mass is 35.5. The van der Waals surface area contributed by atoms with E-state index in [2.05, 4.69) is 19.7 Å². The summed E-state index contributed by atoms with van der Waals surface area (Å²) >= 11 is 6.29. The van der Waals surface area contributed by atoms with Crippen molar-refractivity contribution < 1.29 is 9.59 Å². The van der Waals surface area contributed by atoms with Crippen molar-refractivity contribution in [2.75, 3.05) is 31.1 Å². The number of fused-ring (bicyclic) bond motifs is 3. The molecule has 0 atom stereocenters. The van der Waals surface area contributed by atoms with Crippen molar-refractivity contribution in [2.45, 2.75) is 45.7 Å². The fourth-order valence-corrected chi connectivity index (χ4v) is 5.72. The maximum atomic E-state index is 12.5. The first-order valence-electron chi connectivity index (χ1n) is 11.5. The smallest absolute Gasteiger partial charge is 0.232 e. The molecule has 3 fully saturated rings. The lowest BCUT2D eigenvalue weighted by Crippen LogP contribution is -2.74. The minimum absolute atomic E-state index is 0.0857. The van der Waals surface area contributed by atoms with Gasteiger partial charge in [-0.2, -0.15) is 0 Å². The Bertz CT molecular complexity index is 1100. The molecule has 4 heterocycles. The van der Waals surface area contributed by atoms with Crippen LogP contribution in [0.3, 0.4) is 0 Å². The molecular weight excluding hydrogens is 428 g/mol. The number of carbonyl (C=O) groups excluding carboxylic acids is 2. The van der Waals surface area contributed by atoms with Gasteiger partial charge in [0, 0.05) is 55.5 Å². The quantitative estimate of drug-likeness (QED) is 0.712. The van der Waals surface area contributed by atoms with Gasteiger partial charge in [-0.25, -0.2) is 0 Å². The lowest BCUT2D eigenvalue weighted by molar-refractivity contribution is -0.152. The molecule has 0 radical (unpaired) electrons. The van der Waals surface area contributed by atoms with Crippen LogP contribution in [0.1, 0.15) is 44.0 Å². The second kappa shape index (κ2) is 7.20. The molecule has 2 saturated heterocycles. The molecule has 1 aromatic heterocycles. The topological polar surface area (TPSA) is 74.6 Å². The first kappa shape index (κ1) is 20.0. The Hall–Kier alpha value is -2.61. The zero-order chi connectivity index (χ0) is 22.0. The van der Waals surface area contributed by atoms with Gasteiger partial charge >= 0.3 is 0 Å². The Kier molecular flexibility index (Phi) is 4.51. The van der Waals surface area contributed by atoms with Crippen molar-refractivity contribution in [3.05, 3.63) is 34.6 Å². The molecule has 0 bridgehead atoms. The second-order valence-electron chi connectivity index (χ2n) is 9.81. The highest BCUT2D eigenvalue weighted by Crippen LogP contribution is 2.44. The number of amides is 2. The van der Waals surface area contributed by atoms with E-state index < -0.39 is 0 Å². The molecule has 0 unspecified atom stereocenters. The van der Waals surface area contributed by atoms with Crippen LogP contribution in [0.25, 0.3) is 5.69 Å². The van der Waals surface area contributed by atoms with Crippen LogP contribution in [0.5, 0.6) is 0 Å². The van der Waals surface area contributed by atoms with E-state index in [1.54, 1.807) is 0 Å². The molecular formula is C23H27ClN6O2. The summed E-state index contributed by atoms with van der Waals surface area (Å²) < 4.78 is 2.08. The fourth-order valence-electron chi connectivity index (χ4n) is 5.53. The number of nitrogens with zero attached hydrogens (tertiary/aromatic N) is 6. The summed E-state index contributed by atoms with van der Waals surface area (Å²) in [6.45, 7) is 6.26. The summed E-state index contributed by atoms with van der Waals surface area (Å²) in [7, 11) is 0. The fraction of sp³-hybridized carbons (Fsp3) is 0.565. The largest absolute Gasteiger partial charge is 0.341 e. The molecule has 1 saturated carbocycles. The van der Waals surface area contributed by atoms with E-state index in [-0.39, 0.29) is 17.2 Å². The molecule has 2 amide bonds. The van der Waals surface area contributed by atoms with Crippen LogP contribution in [0.15, 0.2) is 18.2 Å². The zero-order valence-electron chi connectivity index (χ0n) is 18.3. The van der Waals surface area contributed by atoms with Crippen LogP contribution in [0.4, 0.5) is 5.95 Å². The zero-order valence-corrected chi connectivity index (χ0v) is 19.0. The van der Waals surface area contributed by atoms with Gasteiger partial charge in [0.1, 0.15) is 0 Å². The number of hydrogen-bond donors (Lipinski definition) is 0. The van der Waals surface area contributed by atoms with Crippen molar-refractivity contribution in [3.8, 4) is 5.69 Å². The SMILES string of the molecule is CCC(=O)N1Cc2cc(Cl)ccc2-n2c(nnc2N2CC3(CN(C(=O)C4CCC4)C3)C2)C1. The van der Waals surface area contributed by atoms with Gasteiger partial charge in [-0.05, 0) is 36.6 Å². The molecule has 2 aromatic rings. The van der Waals surface area contributed by atoms with E-state index in [4.69, 9.17) is 11.6 Å². The summed E-state index contributed by atoms with van der Waals surface area (Å²) in [6, 6.07) is 5.80. The average molecular weight is 455 g/mol. The maximum absolute atomic E-state index is 12.5. The van der Waals surface area contributed by atoms with Gasteiger partial charge in [0.2, 0.25) is 17.8 Å². The minimum atomic E-state index is 0.0857. The molecule has 8 nitrogen and oxygen atoms in total. The molecule has 4 aliphatic rings. The Morgan fingerprint density at radius 1 is 1.09 bits per heavy atom. The first-order valence-corrected chi connectivity index (χ1v) is 11.9. The predicted octanol–water partition coefficient (Wildman–Crippen LogP) is 2.62. The number of likely N-dealkylation sites (tertiary alicyclic amines) is 1. The molecule has 0 N–H and O–H groups in total. The van der Waals surface area contributed by atoms with Crippen molar-refractivity contribution >= 4 is 29.4 Å². The van der Waals surface area contributed by atoms with E-state index in [9.17, 15) is 9.59 Å². The van der Waals surface area contributed by atoms with Gasteiger partial charge < -0.3 is 14.7 Å². The summed E-state index contributed by atoms with van der Waals surface area (Å²) in [5.74, 6) is 2.28. The van der Waals surface area contributed by atoms with Gasteiger partial charge in [0.25, 0.3) is 0 Å². The Balaban J connectivity index is 1.24. The number of benzene rings is 1. The Labute approximate surface area is 192 Å². The van der Waals surface area contributed by atoms with Crippen molar-refractivity contribution in [3.63, 3.8) is 0 Å². The number of halogens is 1. The van der Waals surface area contributed by atoms with Crippen molar-refractivity contribution in [1.29, 1.82) is 0 Å². The van der Waals surface area contributed by atoms with Crippen LogP contribution in [-0.2, 0) is 22.7 Å². The molecule has 1 aliphatic carbocycles. The molecule has 1 spiro atoms. The lowest BCUT2D eigenvalue weighted by Gasteiger charge is -2.60. The summed E-state index contributed by atoms with van der Waals surface area (Å²) in [5.41, 5.74) is 2.16. The Morgan fingerprint density at radius 3 is 2.56 bits per heavy atom. The van der Waals surface area contributed by atoms with E-state index >= 15 is 0 Å². The third-order valence-electron chi connectivity index (χ3n) is 7.50. The normalized spacial score (nSPS) is 21.2. The van der Waals surface area contributed by atoms with Gasteiger partial charge in [0.15, 0.2) is 5.82 Å². The van der Waals surface area contributed by atoms with Crippen molar-refractivity contribution in [1.82, 2.24) is 24.6 Å². The average Bonchev–Trinajstić information content (AvgIpc) is 2.99. The molecule has 9 heteroatoms. The molecule has 32 heavy (non-hydrogen) atoms. The van der Waals surface area contributed by atoms with Gasteiger partial charge in [-0.3, -0.25) is 14.2 Å². The van der Waals surface area contributed by atoms with E-state index in [0.29, 0.717) is 30.4 Å². The number of aromatic nitrogens is 3. The van der Waals surface area contributed by atoms with E-state index in [1.165, 1.54) is 6.42 Å². The molecule has 6 rings (SSSR count). The summed E-state index contributed by atoms with van der Waals surface area (Å²) in [4.78, 5) is 31.1. The molecule has 3 aliphatic heterocycles. The number of anilines is 1. The van der Waals surface area contributed by atoms with Crippen LogP contribution in [-0.4, -0.2) is 62.6 Å². The van der Waals surface area contributed by atoms with E-state index in [0.717, 1.165) is 62.0 Å². The van der Waals surface area contributed by atoms with Gasteiger partial charge in [0.05, 0.1) is 12.2 Å². The van der Waals surface area contributed by atoms with Crippen LogP contribution >= 0.6 is 11.6 Å². The van der Waals surface area contributed by atoms with Crippen LogP contribution in [0.2, 0.25) is 5.02 Å². The monoisotopic (exact) mass is 454 g/mol. The third-order valence-corrected chi connectivity index (χ3v) is 7.73. The standard InChI is InChI=1S/C23H27ClN6O2/c1-2-20(31)27-9-16-8-17(24)6-7-18(16)30-19(10-27)25-26-22(30)29-13-23(14-29)11-28(12-23)21(32)15-4-3-5-15/h6-8,15H,2-5,9-14H2,1H3. The molecule has 168 valence electrons.